The predicted molar refractivity (Wildman–Crippen MR) is 207 cm³/mol. The Labute approximate surface area is 326 Å². The first-order valence-corrected chi connectivity index (χ1v) is 18.1. The number of Topliss-reactive ketones (excluding diaryl/α,β-unsaturated/α-hetero) is 1. The number of aromatic nitrogens is 3. The number of halogens is 4. The van der Waals surface area contributed by atoms with E-state index in [1.807, 2.05) is 80.6 Å². The zero-order chi connectivity index (χ0) is 39.9. The van der Waals surface area contributed by atoms with Crippen molar-refractivity contribution in [1.29, 1.82) is 0 Å². The van der Waals surface area contributed by atoms with Crippen LogP contribution in [0.1, 0.15) is 48.2 Å². The Kier molecular flexibility index (Phi) is 11.9. The Bertz CT molecular complexity index is 2180. The third kappa shape index (κ3) is 10.8. The number of carbonyl (C=O) groups excluding carboxylic acids is 3. The molecule has 56 heavy (non-hydrogen) atoms. The van der Waals surface area contributed by atoms with Crippen LogP contribution in [0.4, 0.5) is 30.8 Å². The van der Waals surface area contributed by atoms with Crippen LogP contribution in [-0.4, -0.2) is 58.4 Å². The van der Waals surface area contributed by atoms with Crippen LogP contribution in [-0.2, 0) is 21.5 Å². The van der Waals surface area contributed by atoms with Crippen molar-refractivity contribution in [2.75, 3.05) is 30.3 Å². The molecule has 15 heteroatoms. The smallest absolute Gasteiger partial charge is 0.422 e. The molecule has 0 bridgehead atoms. The van der Waals surface area contributed by atoms with Crippen LogP contribution in [0, 0.1) is 5.41 Å². The summed E-state index contributed by atoms with van der Waals surface area (Å²) in [5, 5.41) is 12.3. The van der Waals surface area contributed by atoms with E-state index in [1.165, 1.54) is 0 Å². The largest absolute Gasteiger partial charge is 0.454 e. The van der Waals surface area contributed by atoms with Crippen LogP contribution in [0.15, 0.2) is 103 Å². The van der Waals surface area contributed by atoms with E-state index in [2.05, 4.69) is 36.2 Å². The van der Waals surface area contributed by atoms with Crippen molar-refractivity contribution >= 4 is 46.8 Å². The number of amides is 2. The van der Waals surface area contributed by atoms with Gasteiger partial charge in [-0.2, -0.15) is 28.1 Å². The average molecular weight is 786 g/mol. The second-order valence-electron chi connectivity index (χ2n) is 14.2. The molecule has 0 saturated heterocycles. The molecular formula is C41H39ClF3N7O4. The molecule has 5 aromatic rings. The van der Waals surface area contributed by atoms with Crippen molar-refractivity contribution < 1.29 is 32.3 Å². The van der Waals surface area contributed by atoms with Gasteiger partial charge in [0.15, 0.2) is 6.61 Å². The summed E-state index contributed by atoms with van der Waals surface area (Å²) in [6.45, 7) is 2.43. The highest BCUT2D eigenvalue weighted by molar-refractivity contribution is 6.36. The van der Waals surface area contributed by atoms with Gasteiger partial charge in [-0.05, 0) is 76.9 Å². The van der Waals surface area contributed by atoms with Crippen LogP contribution in [0.5, 0.6) is 6.01 Å². The fourth-order valence-corrected chi connectivity index (χ4v) is 5.96. The number of ether oxygens (including phenoxy) is 1. The molecule has 6 rings (SSSR count). The lowest BCUT2D eigenvalue weighted by Crippen LogP contribution is -2.44. The number of nitrogens with one attached hydrogen (secondary N) is 4. The number of hydrogen-bond acceptors (Lipinski definition) is 9. The summed E-state index contributed by atoms with van der Waals surface area (Å²) in [7, 11) is 0. The third-order valence-corrected chi connectivity index (χ3v) is 9.29. The van der Waals surface area contributed by atoms with Gasteiger partial charge in [0, 0.05) is 35.8 Å². The van der Waals surface area contributed by atoms with Gasteiger partial charge in [0.1, 0.15) is 0 Å². The van der Waals surface area contributed by atoms with Crippen LogP contribution in [0.2, 0.25) is 5.02 Å². The number of anilines is 3. The highest BCUT2D eigenvalue weighted by Gasteiger charge is 2.45. The summed E-state index contributed by atoms with van der Waals surface area (Å²) < 4.78 is 43.8. The first kappa shape index (κ1) is 39.7. The van der Waals surface area contributed by atoms with E-state index in [0.29, 0.717) is 16.3 Å². The first-order valence-electron chi connectivity index (χ1n) is 17.8. The lowest BCUT2D eigenvalue weighted by atomic mass is 9.92. The van der Waals surface area contributed by atoms with E-state index in [0.717, 1.165) is 35.1 Å². The molecule has 0 radical (unpaired) electrons. The number of alkyl halides is 3. The lowest BCUT2D eigenvalue weighted by molar-refractivity contribution is -0.154. The average Bonchev–Trinajstić information content (AvgIpc) is 3.96. The Morgan fingerprint density at radius 1 is 0.786 bits per heavy atom. The zero-order valence-electron chi connectivity index (χ0n) is 30.5. The van der Waals surface area contributed by atoms with Gasteiger partial charge < -0.3 is 26.0 Å². The molecule has 1 saturated carbocycles. The van der Waals surface area contributed by atoms with Crippen molar-refractivity contribution in [1.82, 2.24) is 25.6 Å². The highest BCUT2D eigenvalue weighted by atomic mass is 35.5. The Balaban J connectivity index is 1.03. The summed E-state index contributed by atoms with van der Waals surface area (Å²) in [5.41, 5.74) is 3.15. The summed E-state index contributed by atoms with van der Waals surface area (Å²) >= 11 is 6.04. The molecule has 1 aliphatic carbocycles. The van der Waals surface area contributed by atoms with Gasteiger partial charge in [0.2, 0.25) is 17.7 Å². The summed E-state index contributed by atoms with van der Waals surface area (Å²) in [6.07, 6.45) is -3.18. The van der Waals surface area contributed by atoms with Crippen LogP contribution in [0.25, 0.3) is 11.1 Å². The zero-order valence-corrected chi connectivity index (χ0v) is 31.3. The van der Waals surface area contributed by atoms with Crippen molar-refractivity contribution in [2.24, 2.45) is 5.41 Å². The molecule has 290 valence electrons. The molecule has 0 spiro atoms. The second-order valence-corrected chi connectivity index (χ2v) is 14.7. The molecule has 2 amide bonds. The minimum absolute atomic E-state index is 0.0136. The SMILES string of the molecule is CC(C)(CNC(=O)C(=O)Cc1ccccc1-c1ccccc1)CNC(=O)c1ccc(Nc2nc(NC3(c4ccc(Cl)cc4)CC3)nc(OCC(F)(F)F)n2)cc1. The third-order valence-electron chi connectivity index (χ3n) is 9.04. The molecule has 0 atom stereocenters. The van der Waals surface area contributed by atoms with Crippen LogP contribution < -0.4 is 26.0 Å². The number of ketones is 1. The summed E-state index contributed by atoms with van der Waals surface area (Å²) in [4.78, 5) is 51.2. The van der Waals surface area contributed by atoms with Crippen LogP contribution in [0.3, 0.4) is 0 Å². The minimum atomic E-state index is -4.61. The van der Waals surface area contributed by atoms with E-state index >= 15 is 0 Å². The number of hydrogen-bond donors (Lipinski definition) is 4. The van der Waals surface area contributed by atoms with Gasteiger partial charge in [0.25, 0.3) is 11.8 Å². The summed E-state index contributed by atoms with van der Waals surface area (Å²) in [5.74, 6) is -1.72. The number of carbonyl (C=O) groups is 3. The van der Waals surface area contributed by atoms with Crippen molar-refractivity contribution in [3.05, 3.63) is 125 Å². The van der Waals surface area contributed by atoms with Gasteiger partial charge in [-0.15, -0.1) is 0 Å². The van der Waals surface area contributed by atoms with Gasteiger partial charge >= 0.3 is 12.2 Å². The van der Waals surface area contributed by atoms with Crippen LogP contribution >= 0.6 is 11.6 Å². The lowest BCUT2D eigenvalue weighted by Gasteiger charge is -2.25. The molecule has 1 fully saturated rings. The second kappa shape index (κ2) is 16.8. The Morgan fingerprint density at radius 2 is 1.43 bits per heavy atom. The molecule has 0 unspecified atom stereocenters. The van der Waals surface area contributed by atoms with E-state index in [9.17, 15) is 27.6 Å². The van der Waals surface area contributed by atoms with Gasteiger partial charge in [-0.25, -0.2) is 0 Å². The molecule has 1 aliphatic rings. The molecule has 1 aromatic heterocycles. The summed E-state index contributed by atoms with van der Waals surface area (Å²) in [6, 6.07) is 30.1. The monoisotopic (exact) mass is 785 g/mol. The normalized spacial score (nSPS) is 13.3. The van der Waals surface area contributed by atoms with E-state index in [1.54, 1.807) is 36.4 Å². The Hall–Kier alpha value is -6.02. The van der Waals surface area contributed by atoms with Gasteiger partial charge in [-0.1, -0.05) is 92.2 Å². The predicted octanol–water partition coefficient (Wildman–Crippen LogP) is 7.66. The van der Waals surface area contributed by atoms with E-state index < -0.39 is 41.4 Å². The van der Waals surface area contributed by atoms with E-state index in [4.69, 9.17) is 16.3 Å². The highest BCUT2D eigenvalue weighted by Crippen LogP contribution is 2.48. The molecule has 0 aliphatic heterocycles. The van der Waals surface area contributed by atoms with E-state index in [-0.39, 0.29) is 37.3 Å². The van der Waals surface area contributed by atoms with Crippen molar-refractivity contribution in [3.63, 3.8) is 0 Å². The fourth-order valence-electron chi connectivity index (χ4n) is 5.84. The topological polar surface area (TPSA) is 147 Å². The molecule has 4 N–H and O–H groups in total. The van der Waals surface area contributed by atoms with Crippen molar-refractivity contribution in [2.45, 2.75) is 44.8 Å². The molecule has 1 heterocycles. The minimum Gasteiger partial charge on any atom is -0.454 e. The number of benzene rings is 4. The molecular weight excluding hydrogens is 747 g/mol. The first-order chi connectivity index (χ1) is 26.7. The number of rotatable bonds is 16. The molecule has 4 aromatic carbocycles. The quantitative estimate of drug-likeness (QED) is 0.0741. The number of nitrogens with zero attached hydrogens (tertiary/aromatic N) is 3. The maximum atomic E-state index is 13.0. The maximum absolute atomic E-state index is 13.0. The maximum Gasteiger partial charge on any atom is 0.422 e. The van der Waals surface area contributed by atoms with Gasteiger partial charge in [0.05, 0.1) is 5.54 Å². The molecule has 11 nitrogen and oxygen atoms in total. The Morgan fingerprint density at radius 3 is 2.11 bits per heavy atom. The fraction of sp³-hybridized carbons (Fsp3) is 0.268. The standard InChI is InChI=1S/C41H39ClF3N7O4/c1-39(2,24-47-35(55)33(53)22-28-10-6-7-11-32(28)26-8-4-3-5-9-26)23-46-34(54)27-12-18-31(19-13-27)48-36-49-37(51-38(50-36)56-25-41(43,44)45)52-40(20-21-40)29-14-16-30(42)17-15-29/h3-19H,20-25H2,1-2H3,(H,46,54)(H,47,55)(H2,48,49,50,51,52). The van der Waals surface area contributed by atoms with Gasteiger partial charge in [-0.3, -0.25) is 14.4 Å². The van der Waals surface area contributed by atoms with Crippen molar-refractivity contribution in [3.8, 4) is 17.1 Å².